The van der Waals surface area contributed by atoms with E-state index < -0.39 is 0 Å². The van der Waals surface area contributed by atoms with Gasteiger partial charge in [0.25, 0.3) is 0 Å². The molecule has 0 N–H and O–H groups in total. The Bertz CT molecular complexity index is 815. The number of carbonyl (C=O) groups excluding carboxylic acids is 1. The van der Waals surface area contributed by atoms with Crippen molar-refractivity contribution in [3.63, 3.8) is 0 Å². The number of carbonyl (C=O) groups is 1. The van der Waals surface area contributed by atoms with Gasteiger partial charge in [-0.05, 0) is 104 Å². The fraction of sp³-hybridized carbons (Fsp3) is 0.750. The van der Waals surface area contributed by atoms with Crippen LogP contribution < -0.4 is 4.74 Å². The second-order valence-electron chi connectivity index (χ2n) is 11.8. The predicted octanol–water partition coefficient (Wildman–Crippen LogP) is 7.17. The van der Waals surface area contributed by atoms with Crippen molar-refractivity contribution in [3.8, 4) is 5.75 Å². The Morgan fingerprint density at radius 3 is 2.47 bits per heavy atom. The number of fused-ring (bicyclic) bond motifs is 5. The number of ether oxygens (including phenoxy) is 1. The number of benzene rings is 1. The fourth-order valence-corrected chi connectivity index (χ4v) is 8.94. The SMILES string of the molecule is COc1ccccc1C(=O)C1CCC2C3CCC4CC(C)CCC4(C)C3CCC12C. The van der Waals surface area contributed by atoms with Gasteiger partial charge in [-0.3, -0.25) is 4.79 Å². The molecule has 1 aromatic carbocycles. The van der Waals surface area contributed by atoms with Gasteiger partial charge in [0, 0.05) is 5.92 Å². The van der Waals surface area contributed by atoms with Crippen molar-refractivity contribution in [2.24, 2.45) is 46.3 Å². The Morgan fingerprint density at radius 1 is 0.933 bits per heavy atom. The lowest BCUT2D eigenvalue weighted by Gasteiger charge is -2.61. The average Bonchev–Trinajstić information content (AvgIpc) is 3.11. The molecule has 0 saturated heterocycles. The molecule has 4 saturated carbocycles. The van der Waals surface area contributed by atoms with Gasteiger partial charge in [-0.25, -0.2) is 0 Å². The van der Waals surface area contributed by atoms with E-state index in [1.807, 2.05) is 24.3 Å². The molecule has 4 fully saturated rings. The molecule has 0 amide bonds. The van der Waals surface area contributed by atoms with E-state index in [2.05, 4.69) is 20.8 Å². The van der Waals surface area contributed by atoms with E-state index in [0.717, 1.165) is 47.3 Å². The van der Waals surface area contributed by atoms with Gasteiger partial charge in [-0.1, -0.05) is 39.3 Å². The third kappa shape index (κ3) is 2.92. The minimum atomic E-state index is 0.164. The molecule has 0 aliphatic heterocycles. The molecule has 4 aliphatic rings. The van der Waals surface area contributed by atoms with Crippen molar-refractivity contribution in [2.75, 3.05) is 7.11 Å². The normalized spacial score (nSPS) is 45.2. The van der Waals surface area contributed by atoms with Gasteiger partial charge in [0.2, 0.25) is 0 Å². The molecule has 0 radical (unpaired) electrons. The van der Waals surface area contributed by atoms with E-state index in [9.17, 15) is 4.79 Å². The van der Waals surface area contributed by atoms with Crippen LogP contribution in [-0.2, 0) is 0 Å². The number of rotatable bonds is 3. The fourth-order valence-electron chi connectivity index (χ4n) is 8.94. The van der Waals surface area contributed by atoms with Crippen LogP contribution in [0.1, 0.15) is 88.9 Å². The molecule has 2 nitrogen and oxygen atoms in total. The molecule has 1 aromatic rings. The third-order valence-electron chi connectivity index (χ3n) is 10.6. The summed E-state index contributed by atoms with van der Waals surface area (Å²) in [5.74, 6) is 5.57. The van der Waals surface area contributed by atoms with Gasteiger partial charge in [0.15, 0.2) is 5.78 Å². The Hall–Kier alpha value is -1.31. The highest BCUT2D eigenvalue weighted by atomic mass is 16.5. The van der Waals surface area contributed by atoms with Gasteiger partial charge in [0.05, 0.1) is 12.7 Å². The Morgan fingerprint density at radius 2 is 1.67 bits per heavy atom. The molecule has 0 spiro atoms. The number of Topliss-reactive ketones (excluding diaryl/α,β-unsaturated/α-hetero) is 1. The molecule has 4 aliphatic carbocycles. The number of methoxy groups -OCH3 is 1. The van der Waals surface area contributed by atoms with E-state index in [4.69, 9.17) is 4.74 Å². The van der Waals surface area contributed by atoms with Gasteiger partial charge in [-0.15, -0.1) is 0 Å². The summed E-state index contributed by atoms with van der Waals surface area (Å²) in [7, 11) is 1.68. The zero-order chi connectivity index (χ0) is 21.1. The van der Waals surface area contributed by atoms with Crippen molar-refractivity contribution >= 4 is 5.78 Å². The summed E-state index contributed by atoms with van der Waals surface area (Å²) < 4.78 is 5.54. The van der Waals surface area contributed by atoms with Crippen molar-refractivity contribution in [1.82, 2.24) is 0 Å². The number of hydrogen-bond acceptors (Lipinski definition) is 2. The van der Waals surface area contributed by atoms with Gasteiger partial charge in [-0.2, -0.15) is 0 Å². The van der Waals surface area contributed by atoms with Crippen molar-refractivity contribution < 1.29 is 9.53 Å². The first-order chi connectivity index (χ1) is 14.4. The second-order valence-corrected chi connectivity index (χ2v) is 11.8. The van der Waals surface area contributed by atoms with Crippen LogP contribution in [0.4, 0.5) is 0 Å². The maximum absolute atomic E-state index is 13.7. The Kier molecular flexibility index (Phi) is 5.07. The smallest absolute Gasteiger partial charge is 0.170 e. The highest BCUT2D eigenvalue weighted by Crippen LogP contribution is 2.68. The maximum Gasteiger partial charge on any atom is 0.170 e. The minimum Gasteiger partial charge on any atom is -0.496 e. The summed E-state index contributed by atoms with van der Waals surface area (Å²) in [5, 5.41) is 0. The summed E-state index contributed by atoms with van der Waals surface area (Å²) in [5.41, 5.74) is 1.53. The number of para-hydroxylation sites is 1. The zero-order valence-corrected chi connectivity index (χ0v) is 19.5. The van der Waals surface area contributed by atoms with Crippen LogP contribution in [0.3, 0.4) is 0 Å². The van der Waals surface area contributed by atoms with Gasteiger partial charge in [0.1, 0.15) is 5.75 Å². The van der Waals surface area contributed by atoms with Crippen molar-refractivity contribution in [3.05, 3.63) is 29.8 Å². The van der Waals surface area contributed by atoms with E-state index in [-0.39, 0.29) is 11.3 Å². The first-order valence-electron chi connectivity index (χ1n) is 12.6. The van der Waals surface area contributed by atoms with Crippen LogP contribution in [0, 0.1) is 46.3 Å². The average molecular weight is 409 g/mol. The summed E-state index contributed by atoms with van der Waals surface area (Å²) in [6, 6.07) is 7.85. The standard InChI is InChI=1S/C28H40O2/c1-18-13-15-27(2)19(17-18)9-10-20-22-11-12-24(28(22,3)16-14-23(20)27)26(29)21-7-5-6-8-25(21)30-4/h5-8,18-20,22-24H,9-17H2,1-4H3. The molecule has 0 bridgehead atoms. The number of ketones is 1. The zero-order valence-electron chi connectivity index (χ0n) is 19.5. The molecule has 0 heterocycles. The first-order valence-corrected chi connectivity index (χ1v) is 12.6. The maximum atomic E-state index is 13.7. The van der Waals surface area contributed by atoms with Crippen LogP contribution >= 0.6 is 0 Å². The quantitative estimate of drug-likeness (QED) is 0.495. The topological polar surface area (TPSA) is 26.3 Å². The molecular formula is C28H40O2. The van der Waals surface area contributed by atoms with Crippen LogP contribution in [0.5, 0.6) is 5.75 Å². The highest BCUT2D eigenvalue weighted by Gasteiger charge is 2.61. The van der Waals surface area contributed by atoms with E-state index >= 15 is 0 Å². The molecule has 164 valence electrons. The molecule has 8 unspecified atom stereocenters. The molecule has 0 aromatic heterocycles. The van der Waals surface area contributed by atoms with Gasteiger partial charge >= 0.3 is 0 Å². The molecule has 30 heavy (non-hydrogen) atoms. The summed E-state index contributed by atoms with van der Waals surface area (Å²) >= 11 is 0. The van der Waals surface area contributed by atoms with Crippen LogP contribution in [0.25, 0.3) is 0 Å². The molecule has 8 atom stereocenters. The lowest BCUT2D eigenvalue weighted by Crippen LogP contribution is -2.53. The number of hydrogen-bond donors (Lipinski definition) is 0. The molecular weight excluding hydrogens is 368 g/mol. The van der Waals surface area contributed by atoms with Crippen LogP contribution in [0.2, 0.25) is 0 Å². The van der Waals surface area contributed by atoms with E-state index in [1.54, 1.807) is 7.11 Å². The van der Waals surface area contributed by atoms with E-state index in [1.165, 1.54) is 51.4 Å². The lowest BCUT2D eigenvalue weighted by atomic mass is 9.44. The van der Waals surface area contributed by atoms with Crippen molar-refractivity contribution in [1.29, 1.82) is 0 Å². The third-order valence-corrected chi connectivity index (χ3v) is 10.6. The monoisotopic (exact) mass is 408 g/mol. The van der Waals surface area contributed by atoms with Crippen LogP contribution in [0.15, 0.2) is 24.3 Å². The first kappa shape index (κ1) is 20.6. The molecule has 5 rings (SSSR count). The predicted molar refractivity (Wildman–Crippen MR) is 122 cm³/mol. The summed E-state index contributed by atoms with van der Waals surface area (Å²) in [6.45, 7) is 7.58. The summed E-state index contributed by atoms with van der Waals surface area (Å²) in [4.78, 5) is 13.7. The van der Waals surface area contributed by atoms with E-state index in [0.29, 0.717) is 11.2 Å². The van der Waals surface area contributed by atoms with Gasteiger partial charge < -0.3 is 4.74 Å². The Labute approximate surface area is 183 Å². The highest BCUT2D eigenvalue weighted by molar-refractivity contribution is 6.01. The second kappa shape index (κ2) is 7.38. The van der Waals surface area contributed by atoms with Crippen LogP contribution in [-0.4, -0.2) is 12.9 Å². The Balaban J connectivity index is 1.41. The van der Waals surface area contributed by atoms with Crippen molar-refractivity contribution in [2.45, 2.75) is 78.6 Å². The molecule has 2 heteroatoms. The summed E-state index contributed by atoms with van der Waals surface area (Å²) in [6.07, 6.45) is 12.1. The minimum absolute atomic E-state index is 0.164. The largest absolute Gasteiger partial charge is 0.496 e. The lowest BCUT2D eigenvalue weighted by molar-refractivity contribution is -0.114.